The van der Waals surface area contributed by atoms with E-state index in [9.17, 15) is 14.4 Å². The van der Waals surface area contributed by atoms with Crippen LogP contribution in [0.25, 0.3) is 0 Å². The monoisotopic (exact) mass is 395 g/mol. The fourth-order valence-electron chi connectivity index (χ4n) is 3.45. The third-order valence-electron chi connectivity index (χ3n) is 5.62. The van der Waals surface area contributed by atoms with E-state index in [1.165, 1.54) is 17.9 Å². The summed E-state index contributed by atoms with van der Waals surface area (Å²) in [5, 5.41) is 11.9. The van der Waals surface area contributed by atoms with Crippen molar-refractivity contribution >= 4 is 17.8 Å². The number of nitrogens with one attached hydrogen (secondary N) is 1. The number of amides is 2. The number of likely N-dealkylation sites (tertiary alicyclic amines) is 1. The predicted molar refractivity (Wildman–Crippen MR) is 110 cm³/mol. The van der Waals surface area contributed by atoms with Crippen LogP contribution in [0.5, 0.6) is 0 Å². The zero-order valence-corrected chi connectivity index (χ0v) is 18.2. The number of likely N-dealkylation sites (N-methyl/N-ethyl adjacent to an activating group) is 1. The van der Waals surface area contributed by atoms with Gasteiger partial charge < -0.3 is 15.3 Å². The molecule has 3 unspecified atom stereocenters. The van der Waals surface area contributed by atoms with Crippen molar-refractivity contribution in [3.8, 4) is 0 Å². The summed E-state index contributed by atoms with van der Waals surface area (Å²) in [7, 11) is 1.63. The van der Waals surface area contributed by atoms with Crippen molar-refractivity contribution in [3.63, 3.8) is 0 Å². The molecule has 1 fully saturated rings. The molecule has 0 bridgehead atoms. The topological polar surface area (TPSA) is 90.0 Å². The second-order valence-corrected chi connectivity index (χ2v) is 8.15. The maximum Gasteiger partial charge on any atom is 0.331 e. The van der Waals surface area contributed by atoms with E-state index in [0.717, 1.165) is 32.2 Å². The van der Waals surface area contributed by atoms with Gasteiger partial charge in [0.15, 0.2) is 0 Å². The Morgan fingerprint density at radius 3 is 2.43 bits per heavy atom. The zero-order chi connectivity index (χ0) is 21.4. The van der Waals surface area contributed by atoms with Crippen molar-refractivity contribution in [2.45, 2.75) is 78.4 Å². The Hall–Kier alpha value is -1.89. The van der Waals surface area contributed by atoms with Crippen LogP contribution in [-0.4, -0.2) is 71.0 Å². The summed E-state index contributed by atoms with van der Waals surface area (Å²) in [5.41, 5.74) is 0.191. The van der Waals surface area contributed by atoms with Gasteiger partial charge in [0.2, 0.25) is 11.8 Å². The molecule has 0 radical (unpaired) electrons. The van der Waals surface area contributed by atoms with Crippen molar-refractivity contribution in [3.05, 3.63) is 11.6 Å². The van der Waals surface area contributed by atoms with Crippen LogP contribution in [0.2, 0.25) is 0 Å². The van der Waals surface area contributed by atoms with Crippen LogP contribution >= 0.6 is 0 Å². The van der Waals surface area contributed by atoms with E-state index in [2.05, 4.69) is 24.1 Å². The number of carboxylic acids is 1. The van der Waals surface area contributed by atoms with Gasteiger partial charge in [-0.2, -0.15) is 0 Å². The number of hydrogen-bond acceptors (Lipinski definition) is 4. The van der Waals surface area contributed by atoms with Crippen LogP contribution < -0.4 is 5.32 Å². The molecular weight excluding hydrogens is 358 g/mol. The largest absolute Gasteiger partial charge is 0.478 e. The molecule has 1 rings (SSSR count). The summed E-state index contributed by atoms with van der Waals surface area (Å²) in [6.45, 7) is 10.7. The molecule has 0 saturated carbocycles. The lowest BCUT2D eigenvalue weighted by Gasteiger charge is -2.39. The molecule has 0 aromatic heterocycles. The highest BCUT2D eigenvalue weighted by Crippen LogP contribution is 2.21. The first-order valence-corrected chi connectivity index (χ1v) is 10.3. The number of carboxylic acid groups (broad SMARTS) is 1. The Balaban J connectivity index is 2.84. The molecule has 3 atom stereocenters. The van der Waals surface area contributed by atoms with Gasteiger partial charge in [0.25, 0.3) is 0 Å². The molecule has 0 aromatic rings. The summed E-state index contributed by atoms with van der Waals surface area (Å²) in [5.74, 6) is -1.36. The second kappa shape index (κ2) is 11.2. The van der Waals surface area contributed by atoms with Gasteiger partial charge in [-0.25, -0.2) is 4.79 Å². The molecule has 7 heteroatoms. The molecule has 2 N–H and O–H groups in total. The average Bonchev–Trinajstić information content (AvgIpc) is 2.68. The number of carbonyl (C=O) groups excluding carboxylic acids is 2. The summed E-state index contributed by atoms with van der Waals surface area (Å²) >= 11 is 0. The maximum absolute atomic E-state index is 13.0. The Morgan fingerprint density at radius 2 is 1.89 bits per heavy atom. The van der Waals surface area contributed by atoms with Gasteiger partial charge in [-0.05, 0) is 45.6 Å². The number of aliphatic carboxylic acids is 1. The van der Waals surface area contributed by atoms with Crippen LogP contribution in [0.4, 0.5) is 0 Å². The van der Waals surface area contributed by atoms with Gasteiger partial charge in [0, 0.05) is 25.2 Å². The van der Waals surface area contributed by atoms with Gasteiger partial charge in [0.05, 0.1) is 6.04 Å². The summed E-state index contributed by atoms with van der Waals surface area (Å²) in [6, 6.07) is -0.495. The highest BCUT2D eigenvalue weighted by Gasteiger charge is 2.34. The minimum atomic E-state index is -1.00. The molecule has 0 aromatic carbocycles. The first-order valence-electron chi connectivity index (χ1n) is 10.3. The molecule has 1 aliphatic heterocycles. The van der Waals surface area contributed by atoms with Crippen LogP contribution in [0, 0.1) is 5.92 Å². The highest BCUT2D eigenvalue weighted by atomic mass is 16.4. The Morgan fingerprint density at radius 1 is 1.25 bits per heavy atom. The van der Waals surface area contributed by atoms with E-state index >= 15 is 0 Å². The maximum atomic E-state index is 13.0. The standard InChI is InChI=1S/C21H37N3O4/c1-7-16(5)24-12-9-8-10-17(24)19(25)22-18(14(2)3)20(26)23(6)13-11-15(4)21(27)28/h11,14,16-18H,7-10,12-13H2,1-6H3,(H,22,25)(H,27,28)/b15-11+. The van der Waals surface area contributed by atoms with Crippen LogP contribution in [0.3, 0.4) is 0 Å². The SMILES string of the molecule is CCC(C)N1CCCCC1C(=O)NC(C(=O)N(C)C/C=C(\C)C(=O)O)C(C)C. The minimum absolute atomic E-state index is 0.0657. The van der Waals surface area contributed by atoms with Crippen molar-refractivity contribution in [1.29, 1.82) is 0 Å². The lowest BCUT2D eigenvalue weighted by atomic mass is 9.96. The lowest BCUT2D eigenvalue weighted by Crippen LogP contribution is -2.58. The van der Waals surface area contributed by atoms with Crippen LogP contribution in [0.15, 0.2) is 11.6 Å². The molecule has 160 valence electrons. The van der Waals surface area contributed by atoms with Gasteiger partial charge >= 0.3 is 5.97 Å². The van der Waals surface area contributed by atoms with Gasteiger partial charge in [-0.3, -0.25) is 14.5 Å². The third-order valence-corrected chi connectivity index (χ3v) is 5.62. The van der Waals surface area contributed by atoms with E-state index in [1.807, 2.05) is 13.8 Å². The van der Waals surface area contributed by atoms with Crippen LogP contribution in [-0.2, 0) is 14.4 Å². The molecule has 1 heterocycles. The second-order valence-electron chi connectivity index (χ2n) is 8.15. The van der Waals surface area contributed by atoms with E-state index in [1.54, 1.807) is 7.05 Å². The van der Waals surface area contributed by atoms with E-state index in [4.69, 9.17) is 5.11 Å². The lowest BCUT2D eigenvalue weighted by molar-refractivity contribution is -0.138. The van der Waals surface area contributed by atoms with Gasteiger partial charge in [-0.15, -0.1) is 0 Å². The Bertz CT molecular complexity index is 588. The third kappa shape index (κ3) is 6.62. The number of piperidine rings is 1. The molecule has 0 spiro atoms. The van der Waals surface area contributed by atoms with E-state index in [-0.39, 0.29) is 35.9 Å². The fourth-order valence-corrected chi connectivity index (χ4v) is 3.45. The summed E-state index contributed by atoms with van der Waals surface area (Å²) in [4.78, 5) is 40.5. The Labute approximate surface area is 169 Å². The van der Waals surface area contributed by atoms with Crippen molar-refractivity contribution < 1.29 is 19.5 Å². The normalized spacial score (nSPS) is 20.5. The molecule has 7 nitrogen and oxygen atoms in total. The fraction of sp³-hybridized carbons (Fsp3) is 0.762. The molecule has 1 aliphatic rings. The van der Waals surface area contributed by atoms with Crippen molar-refractivity contribution in [2.24, 2.45) is 5.92 Å². The summed E-state index contributed by atoms with van der Waals surface area (Å²) in [6.07, 6.45) is 5.41. The number of hydrogen-bond donors (Lipinski definition) is 2. The van der Waals surface area contributed by atoms with Crippen molar-refractivity contribution in [2.75, 3.05) is 20.1 Å². The zero-order valence-electron chi connectivity index (χ0n) is 18.2. The van der Waals surface area contributed by atoms with Gasteiger partial charge in [-0.1, -0.05) is 33.3 Å². The average molecular weight is 396 g/mol. The quantitative estimate of drug-likeness (QED) is 0.585. The van der Waals surface area contributed by atoms with E-state index in [0.29, 0.717) is 6.04 Å². The van der Waals surface area contributed by atoms with Crippen LogP contribution in [0.1, 0.15) is 60.3 Å². The molecule has 1 saturated heterocycles. The van der Waals surface area contributed by atoms with Crippen molar-refractivity contribution in [1.82, 2.24) is 15.1 Å². The first-order chi connectivity index (χ1) is 13.1. The molecule has 0 aliphatic carbocycles. The van der Waals surface area contributed by atoms with Gasteiger partial charge in [0.1, 0.15) is 6.04 Å². The summed E-state index contributed by atoms with van der Waals surface area (Å²) < 4.78 is 0. The Kier molecular flexibility index (Phi) is 9.65. The number of carbonyl (C=O) groups is 3. The molecule has 2 amide bonds. The molecular formula is C21H37N3O4. The molecule has 28 heavy (non-hydrogen) atoms. The van der Waals surface area contributed by atoms with E-state index < -0.39 is 12.0 Å². The predicted octanol–water partition coefficient (Wildman–Crippen LogP) is 2.27. The number of nitrogens with zero attached hydrogens (tertiary/aromatic N) is 2. The smallest absolute Gasteiger partial charge is 0.331 e. The highest BCUT2D eigenvalue weighted by molar-refractivity contribution is 5.90. The first kappa shape index (κ1) is 24.1. The number of rotatable bonds is 9. The minimum Gasteiger partial charge on any atom is -0.478 e.